The van der Waals surface area contributed by atoms with Crippen molar-refractivity contribution >= 4 is 12.0 Å². The Morgan fingerprint density at radius 3 is 2.50 bits per heavy atom. The minimum Gasteiger partial charge on any atom is -0.490 e. The van der Waals surface area contributed by atoms with Gasteiger partial charge < -0.3 is 19.9 Å². The Morgan fingerprint density at radius 1 is 1.04 bits per heavy atom. The van der Waals surface area contributed by atoms with Gasteiger partial charge in [-0.2, -0.15) is 0 Å². The number of rotatable bonds is 5. The number of carbonyl (C=O) groups is 1. The first-order chi connectivity index (χ1) is 13.8. The molecule has 2 amide bonds. The van der Waals surface area contributed by atoms with Gasteiger partial charge in [-0.3, -0.25) is 0 Å². The molecular formula is C21H27N5O2. The maximum atomic E-state index is 12.6. The monoisotopic (exact) mass is 381 g/mol. The second kappa shape index (κ2) is 8.91. The predicted octanol–water partition coefficient (Wildman–Crippen LogP) is 2.83. The molecule has 7 heteroatoms. The Morgan fingerprint density at radius 2 is 1.75 bits per heavy atom. The van der Waals surface area contributed by atoms with E-state index in [2.05, 4.69) is 20.2 Å². The molecule has 7 nitrogen and oxygen atoms in total. The summed E-state index contributed by atoms with van der Waals surface area (Å²) in [5, 5.41) is 3.05. The maximum absolute atomic E-state index is 12.6. The second-order valence-electron chi connectivity index (χ2n) is 7.31. The van der Waals surface area contributed by atoms with Crippen molar-refractivity contribution in [1.82, 2.24) is 20.2 Å². The van der Waals surface area contributed by atoms with Gasteiger partial charge in [0.2, 0.25) is 5.95 Å². The van der Waals surface area contributed by atoms with E-state index in [9.17, 15) is 4.79 Å². The van der Waals surface area contributed by atoms with Crippen molar-refractivity contribution in [2.45, 2.75) is 38.3 Å². The summed E-state index contributed by atoms with van der Waals surface area (Å²) in [5.41, 5.74) is 1.03. The van der Waals surface area contributed by atoms with E-state index < -0.39 is 0 Å². The summed E-state index contributed by atoms with van der Waals surface area (Å²) in [6.07, 6.45) is 8.52. The van der Waals surface area contributed by atoms with Crippen molar-refractivity contribution in [3.8, 4) is 5.75 Å². The van der Waals surface area contributed by atoms with Gasteiger partial charge in [-0.05, 0) is 37.8 Å². The molecule has 148 valence electrons. The maximum Gasteiger partial charge on any atom is 0.317 e. The van der Waals surface area contributed by atoms with Gasteiger partial charge in [-0.25, -0.2) is 14.8 Å². The van der Waals surface area contributed by atoms with E-state index in [0.29, 0.717) is 25.7 Å². The van der Waals surface area contributed by atoms with Gasteiger partial charge in [0.05, 0.1) is 6.10 Å². The fourth-order valence-corrected chi connectivity index (χ4v) is 3.80. The molecule has 1 aliphatic heterocycles. The number of benzene rings is 1. The smallest absolute Gasteiger partial charge is 0.317 e. The van der Waals surface area contributed by atoms with Crippen LogP contribution >= 0.6 is 0 Å². The first-order valence-electron chi connectivity index (χ1n) is 10.1. The molecule has 1 aromatic heterocycles. The van der Waals surface area contributed by atoms with Crippen molar-refractivity contribution in [3.63, 3.8) is 0 Å². The van der Waals surface area contributed by atoms with E-state index in [1.54, 1.807) is 12.4 Å². The molecule has 1 aliphatic carbocycles. The van der Waals surface area contributed by atoms with Crippen molar-refractivity contribution < 1.29 is 9.53 Å². The number of hydrogen-bond acceptors (Lipinski definition) is 5. The van der Waals surface area contributed by atoms with Crippen LogP contribution in [0.3, 0.4) is 0 Å². The largest absolute Gasteiger partial charge is 0.490 e. The molecule has 2 aliphatic rings. The van der Waals surface area contributed by atoms with Crippen molar-refractivity contribution in [1.29, 1.82) is 0 Å². The number of ether oxygens (including phenoxy) is 1. The SMILES string of the molecule is O=C(NCc1ccccc1OC1CCCC1)N1CCN(c2ncccn2)CC1. The quantitative estimate of drug-likeness (QED) is 0.862. The molecule has 28 heavy (non-hydrogen) atoms. The Hall–Kier alpha value is -2.83. The van der Waals surface area contributed by atoms with Crippen LogP contribution in [0.15, 0.2) is 42.7 Å². The molecule has 2 fully saturated rings. The van der Waals surface area contributed by atoms with E-state index >= 15 is 0 Å². The second-order valence-corrected chi connectivity index (χ2v) is 7.31. The van der Waals surface area contributed by atoms with Crippen LogP contribution in [0.1, 0.15) is 31.2 Å². The van der Waals surface area contributed by atoms with Crippen LogP contribution in [0.25, 0.3) is 0 Å². The van der Waals surface area contributed by atoms with Crippen LogP contribution in [-0.2, 0) is 6.54 Å². The highest BCUT2D eigenvalue weighted by molar-refractivity contribution is 5.74. The van der Waals surface area contributed by atoms with Crippen LogP contribution in [-0.4, -0.2) is 53.2 Å². The molecule has 1 aromatic carbocycles. The molecule has 4 rings (SSSR count). The normalized spacial score (nSPS) is 17.6. The molecule has 0 atom stereocenters. The van der Waals surface area contributed by atoms with E-state index in [4.69, 9.17) is 4.74 Å². The zero-order valence-corrected chi connectivity index (χ0v) is 16.1. The number of nitrogens with one attached hydrogen (secondary N) is 1. The topological polar surface area (TPSA) is 70.6 Å². The molecule has 0 unspecified atom stereocenters. The molecule has 1 N–H and O–H groups in total. The van der Waals surface area contributed by atoms with Crippen molar-refractivity contribution in [2.75, 3.05) is 31.1 Å². The minimum absolute atomic E-state index is 0.0377. The summed E-state index contributed by atoms with van der Waals surface area (Å²) < 4.78 is 6.16. The number of hydrogen-bond donors (Lipinski definition) is 1. The summed E-state index contributed by atoms with van der Waals surface area (Å²) in [6.45, 7) is 3.26. The third kappa shape index (κ3) is 4.52. The molecular weight excluding hydrogens is 354 g/mol. The lowest BCUT2D eigenvalue weighted by Crippen LogP contribution is -2.52. The van der Waals surface area contributed by atoms with Gasteiger partial charge in [-0.1, -0.05) is 18.2 Å². The lowest BCUT2D eigenvalue weighted by atomic mass is 10.2. The van der Waals surface area contributed by atoms with Gasteiger partial charge in [0.1, 0.15) is 5.75 Å². The Kier molecular flexibility index (Phi) is 5.89. The molecule has 0 spiro atoms. The molecule has 2 heterocycles. The number of carbonyl (C=O) groups excluding carboxylic acids is 1. The predicted molar refractivity (Wildman–Crippen MR) is 107 cm³/mol. The number of nitrogens with zero attached hydrogens (tertiary/aromatic N) is 4. The number of piperazine rings is 1. The summed E-state index contributed by atoms with van der Waals surface area (Å²) >= 11 is 0. The summed E-state index contributed by atoms with van der Waals surface area (Å²) in [4.78, 5) is 25.1. The fourth-order valence-electron chi connectivity index (χ4n) is 3.80. The van der Waals surface area contributed by atoms with Crippen LogP contribution in [0, 0.1) is 0 Å². The Labute approximate surface area is 165 Å². The average Bonchev–Trinajstić information content (AvgIpc) is 3.27. The van der Waals surface area contributed by atoms with Crippen LogP contribution in [0.2, 0.25) is 0 Å². The van der Waals surface area contributed by atoms with Gasteiger partial charge in [-0.15, -0.1) is 0 Å². The van der Waals surface area contributed by atoms with Gasteiger partial charge in [0, 0.05) is 50.7 Å². The van der Waals surface area contributed by atoms with Crippen LogP contribution < -0.4 is 15.0 Å². The van der Waals surface area contributed by atoms with Gasteiger partial charge >= 0.3 is 6.03 Å². The van der Waals surface area contributed by atoms with Crippen LogP contribution in [0.4, 0.5) is 10.7 Å². The lowest BCUT2D eigenvalue weighted by Gasteiger charge is -2.34. The summed E-state index contributed by atoms with van der Waals surface area (Å²) in [5.74, 6) is 1.61. The molecule has 1 saturated carbocycles. The molecule has 2 aromatic rings. The van der Waals surface area contributed by atoms with E-state index in [0.717, 1.165) is 43.2 Å². The summed E-state index contributed by atoms with van der Waals surface area (Å²) in [7, 11) is 0. The van der Waals surface area contributed by atoms with Gasteiger partial charge in [0.25, 0.3) is 0 Å². The lowest BCUT2D eigenvalue weighted by molar-refractivity contribution is 0.192. The highest BCUT2D eigenvalue weighted by Gasteiger charge is 2.23. The molecule has 0 radical (unpaired) electrons. The van der Waals surface area contributed by atoms with Crippen molar-refractivity contribution in [2.24, 2.45) is 0 Å². The first-order valence-corrected chi connectivity index (χ1v) is 10.1. The van der Waals surface area contributed by atoms with Crippen molar-refractivity contribution in [3.05, 3.63) is 48.3 Å². The highest BCUT2D eigenvalue weighted by Crippen LogP contribution is 2.26. The Bertz CT molecular complexity index is 771. The number of para-hydroxylation sites is 1. The number of aromatic nitrogens is 2. The third-order valence-corrected chi connectivity index (χ3v) is 5.40. The molecule has 0 bridgehead atoms. The zero-order valence-electron chi connectivity index (χ0n) is 16.1. The van der Waals surface area contributed by atoms with E-state index in [-0.39, 0.29) is 6.03 Å². The number of amides is 2. The van der Waals surface area contributed by atoms with E-state index in [1.165, 1.54) is 12.8 Å². The number of urea groups is 1. The zero-order chi connectivity index (χ0) is 19.2. The van der Waals surface area contributed by atoms with E-state index in [1.807, 2.05) is 35.2 Å². The third-order valence-electron chi connectivity index (χ3n) is 5.40. The summed E-state index contributed by atoms with van der Waals surface area (Å²) in [6, 6.07) is 9.77. The van der Waals surface area contributed by atoms with Crippen LogP contribution in [0.5, 0.6) is 5.75 Å². The fraction of sp³-hybridized carbons (Fsp3) is 0.476. The average molecular weight is 381 g/mol. The highest BCUT2D eigenvalue weighted by atomic mass is 16.5. The standard InChI is InChI=1S/C21H27N5O2/c27-21(26-14-12-25(13-15-26)20-22-10-5-11-23-20)24-16-17-6-1-4-9-19(17)28-18-7-2-3-8-18/h1,4-6,9-11,18H,2-3,7-8,12-16H2,(H,24,27). The van der Waals surface area contributed by atoms with Gasteiger partial charge in [0.15, 0.2) is 0 Å². The molecule has 1 saturated heterocycles. The first kappa shape index (κ1) is 18.5. The minimum atomic E-state index is -0.0377. The number of anilines is 1. The Balaban J connectivity index is 1.28.